The highest BCUT2D eigenvalue weighted by Gasteiger charge is 2.53. The maximum Gasteiger partial charge on any atom is 0.316 e. The molecular formula is C14H15FN6O2. The fourth-order valence-electron chi connectivity index (χ4n) is 2.59. The monoisotopic (exact) mass is 318 g/mol. The van der Waals surface area contributed by atoms with E-state index in [-0.39, 0.29) is 19.2 Å². The van der Waals surface area contributed by atoms with Gasteiger partial charge in [-0.25, -0.2) is 14.4 Å². The second kappa shape index (κ2) is 5.25. The number of aromatic nitrogens is 5. The Balaban J connectivity index is 1.43. The van der Waals surface area contributed by atoms with Crippen LogP contribution in [0, 0.1) is 0 Å². The van der Waals surface area contributed by atoms with Gasteiger partial charge in [-0.05, 0) is 18.9 Å². The summed E-state index contributed by atoms with van der Waals surface area (Å²) in [7, 11) is 0. The van der Waals surface area contributed by atoms with Crippen molar-refractivity contribution in [3.8, 4) is 6.01 Å². The lowest BCUT2D eigenvalue weighted by Gasteiger charge is -2.28. The van der Waals surface area contributed by atoms with Gasteiger partial charge in [0.1, 0.15) is 0 Å². The first-order chi connectivity index (χ1) is 11.2. The number of carbonyl (C=O) groups is 1. The second-order valence-corrected chi connectivity index (χ2v) is 5.70. The smallest absolute Gasteiger partial charge is 0.316 e. The average molecular weight is 318 g/mol. The lowest BCUT2D eigenvalue weighted by atomic mass is 10.2. The van der Waals surface area contributed by atoms with Crippen LogP contribution in [-0.4, -0.2) is 47.8 Å². The van der Waals surface area contributed by atoms with Crippen molar-refractivity contribution in [2.24, 2.45) is 0 Å². The van der Waals surface area contributed by atoms with Crippen LogP contribution in [0.4, 0.5) is 4.39 Å². The van der Waals surface area contributed by atoms with Gasteiger partial charge in [0.15, 0.2) is 23.9 Å². The van der Waals surface area contributed by atoms with Gasteiger partial charge in [0.2, 0.25) is 0 Å². The van der Waals surface area contributed by atoms with Crippen molar-refractivity contribution >= 4 is 5.91 Å². The molecule has 1 saturated carbocycles. The Kier molecular flexibility index (Phi) is 3.21. The molecule has 8 nitrogen and oxygen atoms in total. The summed E-state index contributed by atoms with van der Waals surface area (Å²) >= 11 is 0. The molecule has 23 heavy (non-hydrogen) atoms. The van der Waals surface area contributed by atoms with Crippen LogP contribution < -0.4 is 4.74 Å². The topological polar surface area (TPSA) is 86.0 Å². The maximum atomic E-state index is 13.9. The summed E-state index contributed by atoms with van der Waals surface area (Å²) in [6, 6.07) is 1.97. The van der Waals surface area contributed by atoms with Gasteiger partial charge in [0, 0.05) is 25.5 Å². The number of hydrogen-bond acceptors (Lipinski definition) is 6. The molecule has 3 heterocycles. The summed E-state index contributed by atoms with van der Waals surface area (Å²) < 4.78 is 21.3. The second-order valence-electron chi connectivity index (χ2n) is 5.70. The van der Waals surface area contributed by atoms with Crippen molar-refractivity contribution in [1.82, 2.24) is 29.6 Å². The highest BCUT2D eigenvalue weighted by atomic mass is 19.1. The molecule has 1 fully saturated rings. The molecule has 1 aliphatic heterocycles. The summed E-state index contributed by atoms with van der Waals surface area (Å²) in [6.07, 6.45) is 3.84. The highest BCUT2D eigenvalue weighted by Crippen LogP contribution is 2.41. The first-order valence-electron chi connectivity index (χ1n) is 7.45. The summed E-state index contributed by atoms with van der Waals surface area (Å²) in [6.45, 7) is 1.44. The molecule has 2 aromatic rings. The third kappa shape index (κ3) is 2.62. The maximum absolute atomic E-state index is 13.9. The van der Waals surface area contributed by atoms with E-state index in [0.29, 0.717) is 37.6 Å². The number of nitrogens with zero attached hydrogens (tertiary/aromatic N) is 6. The Hall–Kier alpha value is -2.58. The number of fused-ring (bicyclic) bond motifs is 1. The number of halogens is 1. The van der Waals surface area contributed by atoms with Gasteiger partial charge in [-0.3, -0.25) is 4.79 Å². The molecule has 2 aliphatic rings. The number of rotatable bonds is 4. The molecule has 1 amide bonds. The van der Waals surface area contributed by atoms with Crippen LogP contribution in [-0.2, 0) is 24.5 Å². The van der Waals surface area contributed by atoms with Gasteiger partial charge in [-0.15, -0.1) is 10.2 Å². The largest absolute Gasteiger partial charge is 0.455 e. The molecule has 9 heteroatoms. The van der Waals surface area contributed by atoms with E-state index >= 15 is 0 Å². The Morgan fingerprint density at radius 1 is 1.26 bits per heavy atom. The van der Waals surface area contributed by atoms with E-state index in [1.165, 1.54) is 4.90 Å². The van der Waals surface area contributed by atoms with Gasteiger partial charge < -0.3 is 14.2 Å². The summed E-state index contributed by atoms with van der Waals surface area (Å²) in [5.74, 6) is 0.851. The van der Waals surface area contributed by atoms with Gasteiger partial charge in [-0.1, -0.05) is 0 Å². The van der Waals surface area contributed by atoms with E-state index in [9.17, 15) is 9.18 Å². The van der Waals surface area contributed by atoms with Gasteiger partial charge >= 0.3 is 6.01 Å². The van der Waals surface area contributed by atoms with E-state index in [4.69, 9.17) is 4.74 Å². The third-order valence-electron chi connectivity index (χ3n) is 4.06. The van der Waals surface area contributed by atoms with Crippen LogP contribution in [0.15, 0.2) is 18.5 Å². The van der Waals surface area contributed by atoms with E-state index < -0.39 is 11.6 Å². The molecular weight excluding hydrogens is 303 g/mol. The number of carbonyl (C=O) groups excluding carboxylic acids is 1. The van der Waals surface area contributed by atoms with Gasteiger partial charge in [0.05, 0.1) is 6.54 Å². The van der Waals surface area contributed by atoms with Crippen LogP contribution in [0.3, 0.4) is 0 Å². The summed E-state index contributed by atoms with van der Waals surface area (Å²) in [4.78, 5) is 21.5. The lowest BCUT2D eigenvalue weighted by Crippen LogP contribution is -2.43. The minimum Gasteiger partial charge on any atom is -0.455 e. The predicted molar refractivity (Wildman–Crippen MR) is 74.9 cm³/mol. The Morgan fingerprint density at radius 3 is 2.78 bits per heavy atom. The normalized spacial score (nSPS) is 18.4. The van der Waals surface area contributed by atoms with Crippen LogP contribution in [0.25, 0.3) is 0 Å². The first kappa shape index (κ1) is 14.0. The lowest BCUT2D eigenvalue weighted by molar-refractivity contribution is -0.139. The zero-order chi connectivity index (χ0) is 15.9. The zero-order valence-corrected chi connectivity index (χ0v) is 12.4. The number of amides is 1. The predicted octanol–water partition coefficient (Wildman–Crippen LogP) is 0.491. The Labute approximate surface area is 131 Å². The molecule has 120 valence electrons. The molecule has 0 unspecified atom stereocenters. The number of ether oxygens (including phenoxy) is 1. The van der Waals surface area contributed by atoms with Crippen molar-refractivity contribution in [3.63, 3.8) is 0 Å². The molecule has 0 atom stereocenters. The van der Waals surface area contributed by atoms with Crippen molar-refractivity contribution in [3.05, 3.63) is 30.1 Å². The van der Waals surface area contributed by atoms with Crippen LogP contribution in [0.1, 0.15) is 24.5 Å². The van der Waals surface area contributed by atoms with Crippen LogP contribution >= 0.6 is 0 Å². The third-order valence-corrected chi connectivity index (χ3v) is 4.06. The van der Waals surface area contributed by atoms with Crippen LogP contribution in [0.2, 0.25) is 0 Å². The zero-order valence-electron chi connectivity index (χ0n) is 12.4. The molecule has 0 N–H and O–H groups in total. The minimum atomic E-state index is -1.64. The van der Waals surface area contributed by atoms with Crippen molar-refractivity contribution in [1.29, 1.82) is 0 Å². The first-order valence-corrected chi connectivity index (χ1v) is 7.45. The molecule has 0 aromatic carbocycles. The molecule has 0 bridgehead atoms. The van der Waals surface area contributed by atoms with E-state index in [1.807, 2.05) is 4.57 Å². The van der Waals surface area contributed by atoms with Gasteiger partial charge in [-0.2, -0.15) is 0 Å². The van der Waals surface area contributed by atoms with Crippen molar-refractivity contribution in [2.45, 2.75) is 38.2 Å². The van der Waals surface area contributed by atoms with Gasteiger partial charge in [0.25, 0.3) is 5.91 Å². The molecule has 0 saturated heterocycles. The SMILES string of the molecule is O=C(N1CCn2c(COc3ncccn3)nnc2C1)C1(F)CC1. The van der Waals surface area contributed by atoms with E-state index in [0.717, 1.165) is 0 Å². The van der Waals surface area contributed by atoms with Crippen LogP contribution in [0.5, 0.6) is 6.01 Å². The summed E-state index contributed by atoms with van der Waals surface area (Å²) in [5.41, 5.74) is -1.64. The molecule has 0 radical (unpaired) electrons. The number of hydrogen-bond donors (Lipinski definition) is 0. The standard InChI is InChI=1S/C14H15FN6O2/c15-14(2-3-14)12(22)20-6-7-21-10(8-20)18-19-11(21)9-23-13-16-4-1-5-17-13/h1,4-5H,2-3,6-9H2. The minimum absolute atomic E-state index is 0.192. The molecule has 4 rings (SSSR count). The summed E-state index contributed by atoms with van der Waals surface area (Å²) in [5, 5.41) is 8.17. The molecule has 0 spiro atoms. The molecule has 2 aromatic heterocycles. The highest BCUT2D eigenvalue weighted by molar-refractivity contribution is 5.88. The van der Waals surface area contributed by atoms with Crippen molar-refractivity contribution < 1.29 is 13.9 Å². The Morgan fingerprint density at radius 2 is 2.04 bits per heavy atom. The quantitative estimate of drug-likeness (QED) is 0.815. The Bertz CT molecular complexity index is 730. The fraction of sp³-hybridized carbons (Fsp3) is 0.500. The fourth-order valence-corrected chi connectivity index (χ4v) is 2.59. The average Bonchev–Trinajstić information content (AvgIpc) is 3.21. The van der Waals surface area contributed by atoms with E-state index in [2.05, 4.69) is 20.2 Å². The number of alkyl halides is 1. The van der Waals surface area contributed by atoms with E-state index in [1.54, 1.807) is 18.5 Å². The van der Waals surface area contributed by atoms with Crippen molar-refractivity contribution in [2.75, 3.05) is 6.54 Å². The molecule has 1 aliphatic carbocycles.